The Balaban J connectivity index is 0.000000204. The third-order valence-corrected chi connectivity index (χ3v) is 12.0. The van der Waals surface area contributed by atoms with Crippen LogP contribution in [0.25, 0.3) is 21.9 Å². The molecule has 1 fully saturated rings. The van der Waals surface area contributed by atoms with Crippen molar-refractivity contribution in [3.05, 3.63) is 119 Å². The second-order valence-corrected chi connectivity index (χ2v) is 17.3. The number of anilines is 2. The van der Waals surface area contributed by atoms with Gasteiger partial charge in [-0.3, -0.25) is 0 Å². The maximum atomic E-state index is 13.9. The predicted molar refractivity (Wildman–Crippen MR) is 217 cm³/mol. The highest BCUT2D eigenvalue weighted by atomic mass is 19.4. The van der Waals surface area contributed by atoms with Crippen LogP contribution in [-0.4, -0.2) is 48.9 Å². The number of hydrogen-bond donors (Lipinski definition) is 3. The lowest BCUT2D eigenvalue weighted by atomic mass is 9.52. The van der Waals surface area contributed by atoms with Gasteiger partial charge in [0.2, 0.25) is 0 Å². The molecule has 1 saturated carbocycles. The summed E-state index contributed by atoms with van der Waals surface area (Å²) < 4.78 is 46.9. The first-order chi connectivity index (χ1) is 26.3. The highest BCUT2D eigenvalue weighted by Crippen LogP contribution is 2.65. The molecule has 2 aliphatic carbocycles. The minimum Gasteiger partial charge on any atom is -0.507 e. The van der Waals surface area contributed by atoms with Crippen LogP contribution in [-0.2, 0) is 17.6 Å². The molecule has 9 heteroatoms. The molecule has 1 spiro atoms. The molecule has 8 rings (SSSR count). The number of alkyl halides is 3. The van der Waals surface area contributed by atoms with Crippen molar-refractivity contribution in [2.45, 2.75) is 76.9 Å². The molecule has 3 aliphatic rings. The normalized spacial score (nSPS) is 19.7. The molecule has 6 nitrogen and oxygen atoms in total. The maximum Gasteiger partial charge on any atom is 0.427 e. The van der Waals surface area contributed by atoms with E-state index in [1.165, 1.54) is 29.5 Å². The molecular weight excluding hydrogens is 714 g/mol. The number of fused-ring (bicyclic) bond motifs is 8. The summed E-state index contributed by atoms with van der Waals surface area (Å²) in [6.45, 7) is 9.26. The summed E-state index contributed by atoms with van der Waals surface area (Å²) >= 11 is 0. The second-order valence-electron chi connectivity index (χ2n) is 17.3. The molecule has 0 radical (unpaired) electrons. The number of hydrogen-bond acceptors (Lipinski definition) is 6. The minimum absolute atomic E-state index is 0.0443. The zero-order valence-electron chi connectivity index (χ0n) is 32.9. The summed E-state index contributed by atoms with van der Waals surface area (Å²) in [7, 11) is 4.54. The fraction of sp³-hybridized carbons (Fsp3) is 0.362. The average Bonchev–Trinajstić information content (AvgIpc) is 3.55. The van der Waals surface area contributed by atoms with E-state index >= 15 is 0 Å². The first kappa shape index (κ1) is 39.1. The van der Waals surface area contributed by atoms with Crippen LogP contribution in [0.2, 0.25) is 0 Å². The Morgan fingerprint density at radius 1 is 0.786 bits per heavy atom. The van der Waals surface area contributed by atoms with Gasteiger partial charge in [0.15, 0.2) is 11.8 Å². The van der Waals surface area contributed by atoms with Gasteiger partial charge in [0, 0.05) is 36.0 Å². The van der Waals surface area contributed by atoms with E-state index < -0.39 is 17.9 Å². The lowest BCUT2D eigenvalue weighted by Crippen LogP contribution is -2.50. The highest BCUT2D eigenvalue weighted by Gasteiger charge is 2.54. The van der Waals surface area contributed by atoms with Gasteiger partial charge < -0.3 is 29.9 Å². The van der Waals surface area contributed by atoms with E-state index in [1.54, 1.807) is 61.7 Å². The van der Waals surface area contributed by atoms with Crippen LogP contribution in [0.15, 0.2) is 91.0 Å². The van der Waals surface area contributed by atoms with Crippen LogP contribution in [0.5, 0.6) is 11.5 Å². The Morgan fingerprint density at radius 3 is 1.84 bits per heavy atom. The molecular formula is C47H49F3N2O4. The first-order valence-corrected chi connectivity index (χ1v) is 18.8. The number of aliphatic hydroxyl groups excluding tert-OH is 1. The number of phenols is 1. The summed E-state index contributed by atoms with van der Waals surface area (Å²) in [5.41, 5.74) is 5.97. The van der Waals surface area contributed by atoms with Gasteiger partial charge in [-0.05, 0) is 93.6 Å². The van der Waals surface area contributed by atoms with Crippen LogP contribution < -0.4 is 14.5 Å². The fourth-order valence-electron chi connectivity index (χ4n) is 10.4. The van der Waals surface area contributed by atoms with Gasteiger partial charge in [0.25, 0.3) is 0 Å². The molecule has 292 valence electrons. The number of aliphatic hydroxyl groups is 2. The van der Waals surface area contributed by atoms with E-state index in [9.17, 15) is 23.4 Å². The van der Waals surface area contributed by atoms with E-state index in [-0.39, 0.29) is 28.6 Å². The summed E-state index contributed by atoms with van der Waals surface area (Å²) in [5, 5.41) is 32.6. The van der Waals surface area contributed by atoms with E-state index in [1.807, 2.05) is 18.2 Å². The molecule has 2 atom stereocenters. The summed E-state index contributed by atoms with van der Waals surface area (Å²) in [6, 6.07) is 27.8. The second kappa shape index (κ2) is 13.5. The number of ether oxygens (including phenoxy) is 1. The van der Waals surface area contributed by atoms with Crippen LogP contribution in [0, 0.1) is 23.2 Å². The SMILES string of the molecule is C#CC(O)(c1ccc(CO)cc1)c1ccc(OC)cc1.CN1c2cc3c(O)cc4c(c3cc2N(C)C1C(F)(F)F)-c1ccccc1C41CC(C)(C)CC(C)(C)C1. The van der Waals surface area contributed by atoms with Crippen LogP contribution in [0.4, 0.5) is 24.5 Å². The fourth-order valence-corrected chi connectivity index (χ4v) is 10.4. The summed E-state index contributed by atoms with van der Waals surface area (Å²) in [4.78, 5) is 2.55. The van der Waals surface area contributed by atoms with Crippen molar-refractivity contribution < 1.29 is 33.2 Å². The zero-order chi connectivity index (χ0) is 40.6. The Hall–Kier alpha value is -5.17. The minimum atomic E-state index is -4.41. The number of phenolic OH excluding ortho intramolecular Hbond substituents is 1. The lowest BCUT2D eigenvalue weighted by Gasteiger charge is -2.51. The molecule has 5 aromatic rings. The number of nitrogens with zero attached hydrogens (tertiary/aromatic N) is 2. The van der Waals surface area contributed by atoms with Crippen LogP contribution >= 0.6 is 0 Å². The molecule has 56 heavy (non-hydrogen) atoms. The number of aromatic hydroxyl groups is 1. The van der Waals surface area contributed by atoms with Crippen molar-refractivity contribution in [3.63, 3.8) is 0 Å². The van der Waals surface area contributed by atoms with Crippen LogP contribution in [0.3, 0.4) is 0 Å². The first-order valence-electron chi connectivity index (χ1n) is 18.8. The number of terminal acetylenes is 1. The largest absolute Gasteiger partial charge is 0.507 e. The van der Waals surface area contributed by atoms with Crippen molar-refractivity contribution >= 4 is 22.1 Å². The Morgan fingerprint density at radius 2 is 1.32 bits per heavy atom. The van der Waals surface area contributed by atoms with Gasteiger partial charge in [-0.15, -0.1) is 6.42 Å². The topological polar surface area (TPSA) is 76.4 Å². The highest BCUT2D eigenvalue weighted by molar-refractivity contribution is 6.09. The van der Waals surface area contributed by atoms with Gasteiger partial charge in [-0.2, -0.15) is 13.2 Å². The molecule has 0 amide bonds. The Kier molecular flexibility index (Phi) is 9.42. The van der Waals surface area contributed by atoms with Crippen molar-refractivity contribution in [1.82, 2.24) is 0 Å². The lowest BCUT2D eigenvalue weighted by molar-refractivity contribution is -0.145. The Bertz CT molecular complexity index is 2280. The standard InChI is InChI=1S/C30H33F3N2O.C17H16O3/c1-27(2)14-28(3,4)16-29(15-27)20-10-8-7-9-17(20)25-19-12-23-22(11-18(19)24(36)13-21(25)29)34(5)26(35(23)6)30(31,32)33;1-3-17(19,14-6-4-13(12-18)5-7-14)15-8-10-16(20-2)11-9-15/h7-13,26,36H,14-16H2,1-6H3;1,4-11,18-19H,12H2,2H3. The molecule has 2 unspecified atom stereocenters. The van der Waals surface area contributed by atoms with Crippen LogP contribution in [0.1, 0.15) is 74.8 Å². The molecule has 1 heterocycles. The number of rotatable bonds is 4. The van der Waals surface area contributed by atoms with Gasteiger partial charge in [-0.25, -0.2) is 0 Å². The van der Waals surface area contributed by atoms with Crippen molar-refractivity contribution in [2.75, 3.05) is 31.0 Å². The molecule has 5 aromatic carbocycles. The van der Waals surface area contributed by atoms with Crippen molar-refractivity contribution in [3.8, 4) is 35.0 Å². The smallest absolute Gasteiger partial charge is 0.427 e. The summed E-state index contributed by atoms with van der Waals surface area (Å²) in [5.74, 6) is 3.27. The quantitative estimate of drug-likeness (QED) is 0.158. The van der Waals surface area contributed by atoms with Gasteiger partial charge in [-0.1, -0.05) is 94.3 Å². The van der Waals surface area contributed by atoms with Crippen molar-refractivity contribution in [2.24, 2.45) is 10.8 Å². The van der Waals surface area contributed by atoms with Gasteiger partial charge >= 0.3 is 6.18 Å². The van der Waals surface area contributed by atoms with Gasteiger partial charge in [0.05, 0.1) is 25.1 Å². The molecule has 3 N–H and O–H groups in total. The average molecular weight is 763 g/mol. The Labute approximate surface area is 327 Å². The third-order valence-electron chi connectivity index (χ3n) is 12.0. The molecule has 1 aliphatic heterocycles. The van der Waals surface area contributed by atoms with Gasteiger partial charge in [0.1, 0.15) is 11.5 Å². The number of halogens is 3. The van der Waals surface area contributed by atoms with Crippen molar-refractivity contribution in [1.29, 1.82) is 0 Å². The zero-order valence-corrected chi connectivity index (χ0v) is 32.9. The molecule has 0 saturated heterocycles. The van der Waals surface area contributed by atoms with E-state index in [0.29, 0.717) is 33.6 Å². The number of methoxy groups -OCH3 is 1. The maximum absolute atomic E-state index is 13.9. The summed E-state index contributed by atoms with van der Waals surface area (Å²) in [6.07, 6.45) is 2.42. The van der Waals surface area contributed by atoms with E-state index in [2.05, 4.69) is 51.8 Å². The number of benzene rings is 5. The molecule has 0 bridgehead atoms. The van der Waals surface area contributed by atoms with E-state index in [4.69, 9.17) is 16.3 Å². The third kappa shape index (κ3) is 6.33. The monoisotopic (exact) mass is 762 g/mol. The molecule has 0 aromatic heterocycles. The predicted octanol–water partition coefficient (Wildman–Crippen LogP) is 9.88. The van der Waals surface area contributed by atoms with E-state index in [0.717, 1.165) is 46.9 Å².